The molecule has 1 aliphatic carbocycles. The van der Waals surface area contributed by atoms with Gasteiger partial charge in [-0.25, -0.2) is 8.42 Å². The number of aryl methyl sites for hydroxylation is 1. The van der Waals surface area contributed by atoms with Crippen LogP contribution in [0.3, 0.4) is 0 Å². The second-order valence-electron chi connectivity index (χ2n) is 6.52. The molecule has 0 spiro atoms. The zero-order valence-corrected chi connectivity index (χ0v) is 14.1. The van der Waals surface area contributed by atoms with Crippen molar-refractivity contribution >= 4 is 10.0 Å². The molecule has 0 bridgehead atoms. The maximum absolute atomic E-state index is 12.9. The van der Waals surface area contributed by atoms with Crippen molar-refractivity contribution in [1.29, 1.82) is 0 Å². The molecule has 0 N–H and O–H groups in total. The van der Waals surface area contributed by atoms with E-state index in [0.717, 1.165) is 31.2 Å². The van der Waals surface area contributed by atoms with Crippen molar-refractivity contribution in [1.82, 2.24) is 4.31 Å². The average Bonchev–Trinajstić information content (AvgIpc) is 2.98. The standard InChI is InChI=1S/C18H25NO2S/c1-15-9-11-18(12-10-15)22(20,21)19-13-5-8-17(19)14-16-6-3-2-4-7-16/h9-12,14,17H,2-8,13H2,1H3/t17-/m0/s1. The third kappa shape index (κ3) is 3.28. The quantitative estimate of drug-likeness (QED) is 0.789. The van der Waals surface area contributed by atoms with Crippen molar-refractivity contribution in [2.75, 3.05) is 6.54 Å². The van der Waals surface area contributed by atoms with Gasteiger partial charge in [0.25, 0.3) is 0 Å². The monoisotopic (exact) mass is 319 g/mol. The van der Waals surface area contributed by atoms with Gasteiger partial charge >= 0.3 is 0 Å². The van der Waals surface area contributed by atoms with Crippen LogP contribution in [0.5, 0.6) is 0 Å². The molecule has 1 saturated heterocycles. The normalized spacial score (nSPS) is 23.7. The summed E-state index contributed by atoms with van der Waals surface area (Å²) in [6, 6.07) is 7.26. The van der Waals surface area contributed by atoms with Crippen LogP contribution in [0.4, 0.5) is 0 Å². The number of hydrogen-bond acceptors (Lipinski definition) is 2. The molecule has 1 saturated carbocycles. The van der Waals surface area contributed by atoms with Crippen LogP contribution in [0.15, 0.2) is 40.8 Å². The molecule has 0 aromatic heterocycles. The highest BCUT2D eigenvalue weighted by Gasteiger charge is 2.34. The van der Waals surface area contributed by atoms with Gasteiger partial charge < -0.3 is 0 Å². The lowest BCUT2D eigenvalue weighted by Crippen LogP contribution is -2.34. The molecule has 0 radical (unpaired) electrons. The summed E-state index contributed by atoms with van der Waals surface area (Å²) >= 11 is 0. The van der Waals surface area contributed by atoms with Gasteiger partial charge in [-0.05, 0) is 57.6 Å². The van der Waals surface area contributed by atoms with E-state index in [0.29, 0.717) is 11.4 Å². The van der Waals surface area contributed by atoms with Gasteiger partial charge in [0.05, 0.1) is 4.90 Å². The van der Waals surface area contributed by atoms with E-state index < -0.39 is 10.0 Å². The fourth-order valence-electron chi connectivity index (χ4n) is 3.52. The van der Waals surface area contributed by atoms with Gasteiger partial charge in [-0.3, -0.25) is 0 Å². The predicted octanol–water partition coefficient (Wildman–Crippen LogP) is 4.04. The third-order valence-corrected chi connectivity index (χ3v) is 6.74. The fourth-order valence-corrected chi connectivity index (χ4v) is 5.16. The molecule has 2 fully saturated rings. The fraction of sp³-hybridized carbons (Fsp3) is 0.556. The summed E-state index contributed by atoms with van der Waals surface area (Å²) in [5.74, 6) is 0. The van der Waals surface area contributed by atoms with Crippen LogP contribution in [0.25, 0.3) is 0 Å². The number of rotatable bonds is 3. The molecular weight excluding hydrogens is 294 g/mol. The maximum Gasteiger partial charge on any atom is 0.243 e. The van der Waals surface area contributed by atoms with Crippen molar-refractivity contribution in [3.8, 4) is 0 Å². The van der Waals surface area contributed by atoms with Gasteiger partial charge in [0, 0.05) is 12.6 Å². The highest BCUT2D eigenvalue weighted by molar-refractivity contribution is 7.89. The lowest BCUT2D eigenvalue weighted by Gasteiger charge is -2.24. The largest absolute Gasteiger partial charge is 0.243 e. The number of allylic oxidation sites excluding steroid dienone is 1. The minimum Gasteiger partial charge on any atom is -0.207 e. The van der Waals surface area contributed by atoms with Gasteiger partial charge in [-0.2, -0.15) is 4.31 Å². The molecule has 1 atom stereocenters. The molecule has 0 amide bonds. The maximum atomic E-state index is 12.9. The first-order valence-electron chi connectivity index (χ1n) is 8.35. The SMILES string of the molecule is Cc1ccc(S(=O)(=O)N2CCC[C@H]2C=C2CCCCC2)cc1. The Morgan fingerprint density at radius 3 is 2.41 bits per heavy atom. The lowest BCUT2D eigenvalue weighted by atomic mass is 9.93. The Morgan fingerprint density at radius 2 is 1.73 bits per heavy atom. The van der Waals surface area contributed by atoms with E-state index >= 15 is 0 Å². The Kier molecular flexibility index (Phi) is 4.69. The second kappa shape index (κ2) is 6.55. The Labute approximate surface area is 134 Å². The third-order valence-electron chi connectivity index (χ3n) is 4.80. The molecule has 1 aromatic carbocycles. The predicted molar refractivity (Wildman–Crippen MR) is 89.3 cm³/mol. The molecule has 1 heterocycles. The van der Waals surface area contributed by atoms with Crippen molar-refractivity contribution < 1.29 is 8.42 Å². The molecule has 4 heteroatoms. The highest BCUT2D eigenvalue weighted by atomic mass is 32.2. The van der Waals surface area contributed by atoms with Gasteiger partial charge in [0.1, 0.15) is 0 Å². The number of benzene rings is 1. The highest BCUT2D eigenvalue weighted by Crippen LogP contribution is 2.30. The van der Waals surface area contributed by atoms with E-state index in [2.05, 4.69) is 6.08 Å². The summed E-state index contributed by atoms with van der Waals surface area (Å²) < 4.78 is 27.5. The molecule has 0 unspecified atom stereocenters. The number of nitrogens with zero attached hydrogens (tertiary/aromatic N) is 1. The van der Waals surface area contributed by atoms with E-state index in [1.165, 1.54) is 24.8 Å². The van der Waals surface area contributed by atoms with Crippen molar-refractivity contribution in [2.24, 2.45) is 0 Å². The van der Waals surface area contributed by atoms with E-state index in [1.807, 2.05) is 19.1 Å². The van der Waals surface area contributed by atoms with Gasteiger partial charge in [0.15, 0.2) is 0 Å². The zero-order valence-electron chi connectivity index (χ0n) is 13.3. The Morgan fingerprint density at radius 1 is 1.05 bits per heavy atom. The van der Waals surface area contributed by atoms with Crippen LogP contribution >= 0.6 is 0 Å². The second-order valence-corrected chi connectivity index (χ2v) is 8.41. The van der Waals surface area contributed by atoms with Crippen molar-refractivity contribution in [2.45, 2.75) is 62.8 Å². The van der Waals surface area contributed by atoms with Crippen LogP contribution in [0.1, 0.15) is 50.5 Å². The van der Waals surface area contributed by atoms with Crippen LogP contribution < -0.4 is 0 Å². The lowest BCUT2D eigenvalue weighted by molar-refractivity contribution is 0.429. The van der Waals surface area contributed by atoms with Crippen LogP contribution in [0, 0.1) is 6.92 Å². The average molecular weight is 319 g/mol. The smallest absolute Gasteiger partial charge is 0.207 e. The topological polar surface area (TPSA) is 37.4 Å². The zero-order chi connectivity index (χ0) is 15.6. The molecule has 2 aliphatic rings. The molecule has 22 heavy (non-hydrogen) atoms. The molecule has 120 valence electrons. The minimum absolute atomic E-state index is 0.0550. The van der Waals surface area contributed by atoms with Crippen LogP contribution in [-0.4, -0.2) is 25.3 Å². The van der Waals surface area contributed by atoms with Gasteiger partial charge in [-0.1, -0.05) is 35.8 Å². The molecule has 3 rings (SSSR count). The molecular formula is C18H25NO2S. The molecule has 3 nitrogen and oxygen atoms in total. The number of hydrogen-bond donors (Lipinski definition) is 0. The van der Waals surface area contributed by atoms with Crippen LogP contribution in [0.2, 0.25) is 0 Å². The summed E-state index contributed by atoms with van der Waals surface area (Å²) in [5.41, 5.74) is 2.54. The first kappa shape index (κ1) is 15.8. The first-order chi connectivity index (χ1) is 10.6. The summed E-state index contributed by atoms with van der Waals surface area (Å²) in [5, 5.41) is 0. The van der Waals surface area contributed by atoms with Crippen LogP contribution in [-0.2, 0) is 10.0 Å². The summed E-state index contributed by atoms with van der Waals surface area (Å²) in [7, 11) is -3.37. The van der Waals surface area contributed by atoms with Gasteiger partial charge in [0.2, 0.25) is 10.0 Å². The van der Waals surface area contributed by atoms with Crippen molar-refractivity contribution in [3.05, 3.63) is 41.5 Å². The number of sulfonamides is 1. The summed E-state index contributed by atoms with van der Waals surface area (Å²) in [4.78, 5) is 0.423. The summed E-state index contributed by atoms with van der Waals surface area (Å²) in [6.45, 7) is 2.62. The Hall–Kier alpha value is -1.13. The minimum atomic E-state index is -3.37. The molecule has 1 aromatic rings. The van der Waals surface area contributed by atoms with E-state index in [-0.39, 0.29) is 6.04 Å². The first-order valence-corrected chi connectivity index (χ1v) is 9.79. The van der Waals surface area contributed by atoms with Gasteiger partial charge in [-0.15, -0.1) is 0 Å². The van der Waals surface area contributed by atoms with E-state index in [4.69, 9.17) is 0 Å². The van der Waals surface area contributed by atoms with E-state index in [9.17, 15) is 8.42 Å². The Bertz CT molecular complexity index is 638. The summed E-state index contributed by atoms with van der Waals surface area (Å²) in [6.07, 6.45) is 10.3. The molecule has 1 aliphatic heterocycles. The Balaban J connectivity index is 1.84. The van der Waals surface area contributed by atoms with Crippen molar-refractivity contribution in [3.63, 3.8) is 0 Å². The van der Waals surface area contributed by atoms with E-state index in [1.54, 1.807) is 16.4 Å².